The van der Waals surface area contributed by atoms with Crippen molar-refractivity contribution in [2.75, 3.05) is 6.61 Å². The lowest BCUT2D eigenvalue weighted by Crippen LogP contribution is -2.35. The molecule has 0 atom stereocenters. The van der Waals surface area contributed by atoms with Crippen LogP contribution < -0.4 is 11.3 Å². The van der Waals surface area contributed by atoms with Gasteiger partial charge in [-0.3, -0.25) is 15.0 Å². The summed E-state index contributed by atoms with van der Waals surface area (Å²) in [6.07, 6.45) is 1.94. The number of unbranched alkanes of at least 4 members (excludes halogenated alkanes) is 1. The average molecular weight is 278 g/mol. The molecule has 0 fully saturated rings. The average Bonchev–Trinajstić information content (AvgIpc) is 2.46. The molecule has 1 amide bonds. The van der Waals surface area contributed by atoms with E-state index in [0.29, 0.717) is 17.7 Å². The maximum atomic E-state index is 12.4. The van der Waals surface area contributed by atoms with Gasteiger partial charge in [0.15, 0.2) is 5.78 Å². The number of nitrogens with one attached hydrogen (secondary N) is 1. The number of ether oxygens (including phenoxy) is 1. The van der Waals surface area contributed by atoms with Crippen LogP contribution in [0.1, 0.15) is 54.3 Å². The molecule has 0 heterocycles. The number of Topliss-reactive ketones (excluding diaryl/α,β-unsaturated/α-hetero) is 1. The minimum Gasteiger partial charge on any atom is -0.367 e. The fourth-order valence-corrected chi connectivity index (χ4v) is 1.74. The molecule has 0 saturated carbocycles. The van der Waals surface area contributed by atoms with Crippen LogP contribution >= 0.6 is 0 Å². The molecule has 5 nitrogen and oxygen atoms in total. The number of hydrazine groups is 1. The molecule has 110 valence electrons. The third-order valence-electron chi connectivity index (χ3n) is 3.05. The summed E-state index contributed by atoms with van der Waals surface area (Å²) in [5.74, 6) is 4.56. The van der Waals surface area contributed by atoms with Crippen LogP contribution in [0.15, 0.2) is 24.3 Å². The maximum Gasteiger partial charge on any atom is 0.265 e. The smallest absolute Gasteiger partial charge is 0.265 e. The molecule has 5 heteroatoms. The normalized spacial score (nSPS) is 11.2. The molecule has 0 radical (unpaired) electrons. The summed E-state index contributed by atoms with van der Waals surface area (Å²) in [5.41, 5.74) is 2.10. The predicted octanol–water partition coefficient (Wildman–Crippen LogP) is 2.07. The summed E-state index contributed by atoms with van der Waals surface area (Å²) in [4.78, 5) is 23.7. The number of hydrogen-bond donors (Lipinski definition) is 2. The fourth-order valence-electron chi connectivity index (χ4n) is 1.74. The molecule has 1 aromatic rings. The summed E-state index contributed by atoms with van der Waals surface area (Å²) < 4.78 is 5.64. The van der Waals surface area contributed by atoms with Gasteiger partial charge in [-0.25, -0.2) is 5.84 Å². The van der Waals surface area contributed by atoms with Crippen LogP contribution in [0.2, 0.25) is 0 Å². The van der Waals surface area contributed by atoms with Gasteiger partial charge in [-0.1, -0.05) is 25.5 Å². The van der Waals surface area contributed by atoms with E-state index in [1.807, 2.05) is 5.43 Å². The van der Waals surface area contributed by atoms with Crippen molar-refractivity contribution in [2.24, 2.45) is 5.84 Å². The summed E-state index contributed by atoms with van der Waals surface area (Å²) in [7, 11) is 0. The van der Waals surface area contributed by atoms with Crippen LogP contribution in [0.4, 0.5) is 0 Å². The van der Waals surface area contributed by atoms with E-state index in [4.69, 9.17) is 10.6 Å². The highest BCUT2D eigenvalue weighted by molar-refractivity contribution is 6.03. The molecule has 3 N–H and O–H groups in total. The first-order valence-electron chi connectivity index (χ1n) is 6.72. The Hall–Kier alpha value is -1.72. The van der Waals surface area contributed by atoms with Gasteiger partial charge in [0, 0.05) is 17.7 Å². The number of nitrogens with two attached hydrogens (primary N) is 1. The van der Waals surface area contributed by atoms with Gasteiger partial charge >= 0.3 is 0 Å². The van der Waals surface area contributed by atoms with Crippen molar-refractivity contribution in [2.45, 2.75) is 39.2 Å². The van der Waals surface area contributed by atoms with Gasteiger partial charge in [0.05, 0.1) is 0 Å². The highest BCUT2D eigenvalue weighted by Gasteiger charge is 2.29. The summed E-state index contributed by atoms with van der Waals surface area (Å²) in [5, 5.41) is 0. The van der Waals surface area contributed by atoms with Crippen molar-refractivity contribution in [1.29, 1.82) is 0 Å². The Kier molecular flexibility index (Phi) is 5.85. The Morgan fingerprint density at radius 1 is 1.20 bits per heavy atom. The van der Waals surface area contributed by atoms with E-state index in [0.717, 1.165) is 12.8 Å². The second kappa shape index (κ2) is 7.17. The van der Waals surface area contributed by atoms with Crippen molar-refractivity contribution in [3.05, 3.63) is 35.4 Å². The predicted molar refractivity (Wildman–Crippen MR) is 77.4 cm³/mol. The number of amides is 1. The molecule has 0 aliphatic carbocycles. The van der Waals surface area contributed by atoms with Crippen molar-refractivity contribution in [3.8, 4) is 0 Å². The lowest BCUT2D eigenvalue weighted by molar-refractivity contribution is -0.00545. The highest BCUT2D eigenvalue weighted by atomic mass is 16.5. The van der Waals surface area contributed by atoms with Crippen molar-refractivity contribution in [3.63, 3.8) is 0 Å². The Balaban J connectivity index is 2.78. The topological polar surface area (TPSA) is 81.4 Å². The third kappa shape index (κ3) is 4.15. The van der Waals surface area contributed by atoms with E-state index in [-0.39, 0.29) is 11.7 Å². The monoisotopic (exact) mass is 278 g/mol. The Bertz CT molecular complexity index is 467. The van der Waals surface area contributed by atoms with E-state index in [2.05, 4.69) is 6.92 Å². The minimum atomic E-state index is -0.868. The lowest BCUT2D eigenvalue weighted by atomic mass is 9.95. The molecule has 0 aliphatic rings. The van der Waals surface area contributed by atoms with E-state index >= 15 is 0 Å². The van der Waals surface area contributed by atoms with Crippen molar-refractivity contribution < 1.29 is 14.3 Å². The molecule has 1 aromatic carbocycles. The molecule has 0 unspecified atom stereocenters. The molecule has 20 heavy (non-hydrogen) atoms. The van der Waals surface area contributed by atoms with Gasteiger partial charge in [0.1, 0.15) is 5.60 Å². The zero-order valence-electron chi connectivity index (χ0n) is 12.2. The van der Waals surface area contributed by atoms with Crippen LogP contribution in [0.25, 0.3) is 0 Å². The zero-order chi connectivity index (χ0) is 15.2. The van der Waals surface area contributed by atoms with E-state index < -0.39 is 5.60 Å². The Labute approximate surface area is 119 Å². The molecule has 0 aromatic heterocycles. The number of carbonyl (C=O) groups excluding carboxylic acids is 2. The van der Waals surface area contributed by atoms with Crippen LogP contribution in [0.3, 0.4) is 0 Å². The SMILES string of the molecule is CCCCOC(C)(C)C(=O)c1ccc(C(=O)NN)cc1. The first-order chi connectivity index (χ1) is 9.42. The quantitative estimate of drug-likeness (QED) is 0.263. The minimum absolute atomic E-state index is 0.103. The van der Waals surface area contributed by atoms with Gasteiger partial charge < -0.3 is 4.74 Å². The second-order valence-corrected chi connectivity index (χ2v) is 5.09. The van der Waals surface area contributed by atoms with Crippen LogP contribution in [-0.4, -0.2) is 23.9 Å². The number of hydrogen-bond acceptors (Lipinski definition) is 4. The molecule has 1 rings (SSSR count). The Morgan fingerprint density at radius 2 is 1.75 bits per heavy atom. The number of carbonyl (C=O) groups is 2. The lowest BCUT2D eigenvalue weighted by Gasteiger charge is -2.24. The Morgan fingerprint density at radius 3 is 2.25 bits per heavy atom. The molecular weight excluding hydrogens is 256 g/mol. The van der Waals surface area contributed by atoms with E-state index in [9.17, 15) is 9.59 Å². The summed E-state index contributed by atoms with van der Waals surface area (Å²) in [6.45, 7) is 6.14. The van der Waals surface area contributed by atoms with Crippen molar-refractivity contribution in [1.82, 2.24) is 5.43 Å². The number of benzene rings is 1. The zero-order valence-corrected chi connectivity index (χ0v) is 12.2. The van der Waals surface area contributed by atoms with Gasteiger partial charge in [-0.15, -0.1) is 0 Å². The second-order valence-electron chi connectivity index (χ2n) is 5.09. The van der Waals surface area contributed by atoms with E-state index in [1.54, 1.807) is 38.1 Å². The molecule has 0 spiro atoms. The molecule has 0 aliphatic heterocycles. The van der Waals surface area contributed by atoms with E-state index in [1.165, 1.54) is 0 Å². The van der Waals surface area contributed by atoms with Gasteiger partial charge in [0.2, 0.25) is 0 Å². The molecule has 0 bridgehead atoms. The maximum absolute atomic E-state index is 12.4. The van der Waals surface area contributed by atoms with Gasteiger partial charge in [0.25, 0.3) is 5.91 Å². The largest absolute Gasteiger partial charge is 0.367 e. The third-order valence-corrected chi connectivity index (χ3v) is 3.05. The van der Waals surface area contributed by atoms with Crippen LogP contribution in [0.5, 0.6) is 0 Å². The van der Waals surface area contributed by atoms with Crippen molar-refractivity contribution >= 4 is 11.7 Å². The fraction of sp³-hybridized carbons (Fsp3) is 0.467. The number of ketones is 1. The number of rotatable bonds is 7. The summed E-state index contributed by atoms with van der Waals surface area (Å²) in [6, 6.07) is 6.35. The number of nitrogen functional groups attached to an aromatic ring is 1. The van der Waals surface area contributed by atoms with Gasteiger partial charge in [-0.2, -0.15) is 0 Å². The highest BCUT2D eigenvalue weighted by Crippen LogP contribution is 2.18. The first-order valence-corrected chi connectivity index (χ1v) is 6.72. The molecular formula is C15H22N2O3. The molecule has 0 saturated heterocycles. The van der Waals surface area contributed by atoms with Crippen LogP contribution in [-0.2, 0) is 4.74 Å². The van der Waals surface area contributed by atoms with Crippen LogP contribution in [0, 0.1) is 0 Å². The van der Waals surface area contributed by atoms with Gasteiger partial charge in [-0.05, 0) is 32.4 Å². The standard InChI is InChI=1S/C15H22N2O3/c1-4-5-10-20-15(2,3)13(18)11-6-8-12(9-7-11)14(19)17-16/h6-9H,4-5,10,16H2,1-3H3,(H,17,19). The first kappa shape index (κ1) is 16.3. The summed E-state index contributed by atoms with van der Waals surface area (Å²) >= 11 is 0.